The van der Waals surface area contributed by atoms with Gasteiger partial charge in [-0.2, -0.15) is 0 Å². The van der Waals surface area contributed by atoms with E-state index in [1.165, 1.54) is 0 Å². The third-order valence-corrected chi connectivity index (χ3v) is 2.57. The molecule has 6 heteroatoms. The number of para-hydroxylation sites is 1. The van der Waals surface area contributed by atoms with Crippen molar-refractivity contribution in [3.8, 4) is 5.75 Å². The lowest BCUT2D eigenvalue weighted by Gasteiger charge is -2.14. The first-order valence-electron chi connectivity index (χ1n) is 7.19. The molecular formula is C15H25N3O3. The zero-order valence-corrected chi connectivity index (χ0v) is 12.6. The van der Waals surface area contributed by atoms with Crippen molar-refractivity contribution in [3.05, 3.63) is 30.3 Å². The maximum atomic E-state index is 11.3. The standard InChI is InChI=1S/C15H25N3O3/c1-12(2)18-15(20)17-9-8-16-10-13(19)11-21-14-6-4-3-5-7-14/h3-7,12-13,16,19H,8-11H2,1-2H3,(H2,17,18,20). The van der Waals surface area contributed by atoms with Crippen molar-refractivity contribution < 1.29 is 14.6 Å². The normalized spacial score (nSPS) is 12.0. The van der Waals surface area contributed by atoms with Crippen LogP contribution >= 0.6 is 0 Å². The topological polar surface area (TPSA) is 82.6 Å². The van der Waals surface area contributed by atoms with E-state index in [1.807, 2.05) is 44.2 Å². The summed E-state index contributed by atoms with van der Waals surface area (Å²) in [5.41, 5.74) is 0. The van der Waals surface area contributed by atoms with Crippen LogP contribution in [0.2, 0.25) is 0 Å². The number of urea groups is 1. The van der Waals surface area contributed by atoms with E-state index in [1.54, 1.807) is 0 Å². The number of hydrogen-bond acceptors (Lipinski definition) is 4. The van der Waals surface area contributed by atoms with Gasteiger partial charge in [0.25, 0.3) is 0 Å². The first-order chi connectivity index (χ1) is 10.1. The van der Waals surface area contributed by atoms with Crippen LogP contribution in [-0.2, 0) is 0 Å². The average molecular weight is 295 g/mol. The van der Waals surface area contributed by atoms with E-state index in [0.29, 0.717) is 19.6 Å². The highest BCUT2D eigenvalue weighted by molar-refractivity contribution is 5.74. The molecule has 0 aliphatic carbocycles. The Morgan fingerprint density at radius 3 is 2.62 bits per heavy atom. The number of nitrogens with one attached hydrogen (secondary N) is 3. The van der Waals surface area contributed by atoms with E-state index in [0.717, 1.165) is 5.75 Å². The van der Waals surface area contributed by atoms with Crippen LogP contribution in [0.5, 0.6) is 5.75 Å². The van der Waals surface area contributed by atoms with Crippen molar-refractivity contribution in [1.29, 1.82) is 0 Å². The van der Waals surface area contributed by atoms with Gasteiger partial charge in [0.1, 0.15) is 18.5 Å². The second kappa shape index (κ2) is 10.0. The van der Waals surface area contributed by atoms with E-state index >= 15 is 0 Å². The molecule has 0 spiro atoms. The highest BCUT2D eigenvalue weighted by Crippen LogP contribution is 2.08. The van der Waals surface area contributed by atoms with Crippen molar-refractivity contribution in [1.82, 2.24) is 16.0 Å². The first kappa shape index (κ1) is 17.3. The lowest BCUT2D eigenvalue weighted by molar-refractivity contribution is 0.106. The van der Waals surface area contributed by atoms with Gasteiger partial charge in [0, 0.05) is 25.7 Å². The van der Waals surface area contributed by atoms with Gasteiger partial charge in [-0.25, -0.2) is 4.79 Å². The molecule has 0 aromatic heterocycles. The third-order valence-electron chi connectivity index (χ3n) is 2.57. The van der Waals surface area contributed by atoms with Crippen LogP contribution in [0.25, 0.3) is 0 Å². The zero-order valence-electron chi connectivity index (χ0n) is 12.6. The molecule has 6 nitrogen and oxygen atoms in total. The predicted molar refractivity (Wildman–Crippen MR) is 82.5 cm³/mol. The van der Waals surface area contributed by atoms with E-state index in [2.05, 4.69) is 16.0 Å². The van der Waals surface area contributed by atoms with Gasteiger partial charge >= 0.3 is 6.03 Å². The summed E-state index contributed by atoms with van der Waals surface area (Å²) in [7, 11) is 0. The zero-order chi connectivity index (χ0) is 15.5. The summed E-state index contributed by atoms with van der Waals surface area (Å²) in [6, 6.07) is 9.30. The molecule has 4 N–H and O–H groups in total. The number of carbonyl (C=O) groups is 1. The lowest BCUT2D eigenvalue weighted by Crippen LogP contribution is -2.43. The highest BCUT2D eigenvalue weighted by Gasteiger charge is 2.05. The van der Waals surface area contributed by atoms with Gasteiger partial charge in [0.2, 0.25) is 0 Å². The number of carbonyl (C=O) groups excluding carboxylic acids is 1. The molecule has 0 saturated carbocycles. The van der Waals surface area contributed by atoms with Crippen LogP contribution in [0.4, 0.5) is 4.79 Å². The molecule has 118 valence electrons. The summed E-state index contributed by atoms with van der Waals surface area (Å²) >= 11 is 0. The summed E-state index contributed by atoms with van der Waals surface area (Å²) in [6.45, 7) is 5.55. The van der Waals surface area contributed by atoms with Crippen LogP contribution < -0.4 is 20.7 Å². The average Bonchev–Trinajstić information content (AvgIpc) is 2.45. The monoisotopic (exact) mass is 295 g/mol. The number of aliphatic hydroxyl groups is 1. The minimum Gasteiger partial charge on any atom is -0.491 e. The molecule has 1 aromatic rings. The molecule has 0 radical (unpaired) electrons. The Bertz CT molecular complexity index is 398. The van der Waals surface area contributed by atoms with Gasteiger partial charge in [-0.15, -0.1) is 0 Å². The minimum atomic E-state index is -0.588. The van der Waals surface area contributed by atoms with Gasteiger partial charge < -0.3 is 25.8 Å². The predicted octanol–water partition coefficient (Wildman–Crippen LogP) is 0.724. The molecule has 2 amide bonds. The number of hydrogen-bond donors (Lipinski definition) is 4. The number of amides is 2. The number of aliphatic hydroxyl groups excluding tert-OH is 1. The molecule has 1 atom stereocenters. The fourth-order valence-corrected chi connectivity index (χ4v) is 1.61. The van der Waals surface area contributed by atoms with Crippen LogP contribution in [0.1, 0.15) is 13.8 Å². The number of benzene rings is 1. The number of ether oxygens (including phenoxy) is 1. The summed E-state index contributed by atoms with van der Waals surface area (Å²) < 4.78 is 5.44. The SMILES string of the molecule is CC(C)NC(=O)NCCNCC(O)COc1ccccc1. The fourth-order valence-electron chi connectivity index (χ4n) is 1.61. The summed E-state index contributed by atoms with van der Waals surface area (Å²) in [5, 5.41) is 18.3. The van der Waals surface area contributed by atoms with Crippen LogP contribution in [-0.4, -0.2) is 49.5 Å². The molecular weight excluding hydrogens is 270 g/mol. The van der Waals surface area contributed by atoms with Crippen molar-refractivity contribution >= 4 is 6.03 Å². The summed E-state index contributed by atoms with van der Waals surface area (Å²) in [6.07, 6.45) is -0.588. The van der Waals surface area contributed by atoms with Crippen LogP contribution in [0, 0.1) is 0 Å². The molecule has 0 aliphatic heterocycles. The second-order valence-electron chi connectivity index (χ2n) is 5.04. The minimum absolute atomic E-state index is 0.120. The largest absolute Gasteiger partial charge is 0.491 e. The molecule has 21 heavy (non-hydrogen) atoms. The van der Waals surface area contributed by atoms with Gasteiger partial charge in [0.05, 0.1) is 0 Å². The Balaban J connectivity index is 2.01. The Morgan fingerprint density at radius 1 is 1.24 bits per heavy atom. The highest BCUT2D eigenvalue weighted by atomic mass is 16.5. The van der Waals surface area contributed by atoms with Crippen LogP contribution in [0.3, 0.4) is 0 Å². The maximum absolute atomic E-state index is 11.3. The van der Waals surface area contributed by atoms with Gasteiger partial charge in [0.15, 0.2) is 0 Å². The van der Waals surface area contributed by atoms with E-state index in [9.17, 15) is 9.90 Å². The molecule has 0 saturated heterocycles. The molecule has 1 aromatic carbocycles. The quantitative estimate of drug-likeness (QED) is 0.506. The van der Waals surface area contributed by atoms with Crippen molar-refractivity contribution in [3.63, 3.8) is 0 Å². The third kappa shape index (κ3) is 8.88. The van der Waals surface area contributed by atoms with Crippen LogP contribution in [0.15, 0.2) is 30.3 Å². The Kier molecular flexibility index (Phi) is 8.23. The maximum Gasteiger partial charge on any atom is 0.315 e. The molecule has 0 bridgehead atoms. The second-order valence-corrected chi connectivity index (χ2v) is 5.04. The van der Waals surface area contributed by atoms with E-state index < -0.39 is 6.10 Å². The molecule has 0 aliphatic rings. The van der Waals surface area contributed by atoms with Gasteiger partial charge in [-0.1, -0.05) is 18.2 Å². The Hall–Kier alpha value is -1.79. The van der Waals surface area contributed by atoms with E-state index in [4.69, 9.17) is 4.74 Å². The molecule has 1 unspecified atom stereocenters. The van der Waals surface area contributed by atoms with E-state index in [-0.39, 0.29) is 18.7 Å². The van der Waals surface area contributed by atoms with Gasteiger partial charge in [-0.05, 0) is 26.0 Å². The number of rotatable bonds is 9. The first-order valence-corrected chi connectivity index (χ1v) is 7.19. The lowest BCUT2D eigenvalue weighted by atomic mass is 10.3. The fraction of sp³-hybridized carbons (Fsp3) is 0.533. The van der Waals surface area contributed by atoms with Crippen molar-refractivity contribution in [2.45, 2.75) is 26.0 Å². The molecule has 1 rings (SSSR count). The summed E-state index contributed by atoms with van der Waals surface area (Å²) in [4.78, 5) is 11.3. The summed E-state index contributed by atoms with van der Waals surface area (Å²) in [5.74, 6) is 0.739. The smallest absolute Gasteiger partial charge is 0.315 e. The van der Waals surface area contributed by atoms with Crippen molar-refractivity contribution in [2.75, 3.05) is 26.2 Å². The Labute approximate surface area is 125 Å². The molecule has 0 heterocycles. The van der Waals surface area contributed by atoms with Gasteiger partial charge in [-0.3, -0.25) is 0 Å². The molecule has 0 fully saturated rings. The Morgan fingerprint density at radius 2 is 1.95 bits per heavy atom. The van der Waals surface area contributed by atoms with Crippen molar-refractivity contribution in [2.24, 2.45) is 0 Å².